The zero-order valence-electron chi connectivity index (χ0n) is 10.4. The molecule has 0 radical (unpaired) electrons. The van der Waals surface area contributed by atoms with Gasteiger partial charge < -0.3 is 10.5 Å². The molecule has 0 unspecified atom stereocenters. The first-order valence-electron chi connectivity index (χ1n) is 5.70. The Balaban J connectivity index is 2.47. The number of nitrogens with two attached hydrogens (primary N) is 1. The maximum Gasteiger partial charge on any atom is 0.421 e. The van der Waals surface area contributed by atoms with Crippen molar-refractivity contribution in [1.82, 2.24) is 4.98 Å². The molecule has 1 aromatic heterocycles. The molecule has 2 rings (SSSR count). The SMILES string of the molecule is NCc1ccc(Cl)cc1Oc1ncc(Br)cc1C(F)(F)F. The number of pyridine rings is 1. The number of rotatable bonds is 3. The summed E-state index contributed by atoms with van der Waals surface area (Å²) in [7, 11) is 0. The minimum Gasteiger partial charge on any atom is -0.438 e. The Bertz CT molecular complexity index is 664. The van der Waals surface area contributed by atoms with Crippen LogP contribution in [0.1, 0.15) is 11.1 Å². The minimum atomic E-state index is -4.59. The first-order chi connectivity index (χ1) is 9.81. The van der Waals surface area contributed by atoms with Crippen LogP contribution in [0.25, 0.3) is 0 Å². The van der Waals surface area contributed by atoms with E-state index in [1.165, 1.54) is 12.3 Å². The fourth-order valence-electron chi connectivity index (χ4n) is 1.61. The molecule has 8 heteroatoms. The van der Waals surface area contributed by atoms with Crippen molar-refractivity contribution in [2.75, 3.05) is 0 Å². The fraction of sp³-hybridized carbons (Fsp3) is 0.154. The van der Waals surface area contributed by atoms with E-state index in [1.54, 1.807) is 12.1 Å². The molecule has 0 amide bonds. The molecule has 1 aromatic carbocycles. The van der Waals surface area contributed by atoms with Crippen LogP contribution in [-0.4, -0.2) is 4.98 Å². The van der Waals surface area contributed by atoms with Gasteiger partial charge in [0, 0.05) is 27.8 Å². The van der Waals surface area contributed by atoms with Crippen molar-refractivity contribution in [2.24, 2.45) is 5.73 Å². The predicted octanol–water partition coefficient (Wildman–Crippen LogP) is 4.77. The highest BCUT2D eigenvalue weighted by Crippen LogP contribution is 2.39. The summed E-state index contributed by atoms with van der Waals surface area (Å²) in [5, 5.41) is 0.327. The van der Waals surface area contributed by atoms with Crippen LogP contribution >= 0.6 is 27.5 Å². The Morgan fingerprint density at radius 3 is 2.62 bits per heavy atom. The van der Waals surface area contributed by atoms with Crippen LogP contribution in [0.5, 0.6) is 11.6 Å². The van der Waals surface area contributed by atoms with Gasteiger partial charge >= 0.3 is 6.18 Å². The lowest BCUT2D eigenvalue weighted by Gasteiger charge is -2.14. The number of halogens is 5. The van der Waals surface area contributed by atoms with Crippen LogP contribution in [0.4, 0.5) is 13.2 Å². The van der Waals surface area contributed by atoms with Gasteiger partial charge in [0.2, 0.25) is 5.88 Å². The van der Waals surface area contributed by atoms with Crippen LogP contribution in [0, 0.1) is 0 Å². The highest BCUT2D eigenvalue weighted by molar-refractivity contribution is 9.10. The summed E-state index contributed by atoms with van der Waals surface area (Å²) in [6, 6.07) is 5.46. The fourth-order valence-corrected chi connectivity index (χ4v) is 2.10. The second kappa shape index (κ2) is 6.21. The van der Waals surface area contributed by atoms with Crippen LogP contribution in [-0.2, 0) is 12.7 Å². The molecule has 0 saturated heterocycles. The average Bonchev–Trinajstić information content (AvgIpc) is 2.40. The average molecular weight is 382 g/mol. The van der Waals surface area contributed by atoms with E-state index in [1.807, 2.05) is 0 Å². The van der Waals surface area contributed by atoms with Crippen molar-refractivity contribution in [3.05, 3.63) is 51.1 Å². The highest BCUT2D eigenvalue weighted by Gasteiger charge is 2.36. The molecule has 21 heavy (non-hydrogen) atoms. The molecule has 0 bridgehead atoms. The van der Waals surface area contributed by atoms with Gasteiger partial charge in [-0.3, -0.25) is 0 Å². The Morgan fingerprint density at radius 1 is 1.29 bits per heavy atom. The first-order valence-corrected chi connectivity index (χ1v) is 6.87. The third-order valence-corrected chi connectivity index (χ3v) is 3.25. The van der Waals surface area contributed by atoms with Gasteiger partial charge in [0.25, 0.3) is 0 Å². The number of hydrogen-bond donors (Lipinski definition) is 1. The number of hydrogen-bond acceptors (Lipinski definition) is 3. The van der Waals surface area contributed by atoms with Gasteiger partial charge in [0.15, 0.2) is 0 Å². The maximum atomic E-state index is 13.0. The summed E-state index contributed by atoms with van der Waals surface area (Å²) in [5.41, 5.74) is 5.07. The van der Waals surface area contributed by atoms with Crippen molar-refractivity contribution in [3.8, 4) is 11.6 Å². The summed E-state index contributed by atoms with van der Waals surface area (Å²) in [6.45, 7) is 0.102. The molecule has 2 N–H and O–H groups in total. The quantitative estimate of drug-likeness (QED) is 0.833. The van der Waals surface area contributed by atoms with Gasteiger partial charge in [-0.15, -0.1) is 0 Å². The standard InChI is InChI=1S/C13H9BrClF3N2O/c14-8-3-10(13(16,17)18)12(20-6-8)21-11-4-9(15)2-1-7(11)5-19/h1-4,6H,5,19H2. The lowest BCUT2D eigenvalue weighted by Crippen LogP contribution is -2.09. The van der Waals surface area contributed by atoms with Crippen molar-refractivity contribution in [2.45, 2.75) is 12.7 Å². The molecule has 0 saturated carbocycles. The molecule has 3 nitrogen and oxygen atoms in total. The number of ether oxygens (including phenoxy) is 1. The van der Waals surface area contributed by atoms with E-state index in [-0.39, 0.29) is 16.8 Å². The van der Waals surface area contributed by atoms with Crippen molar-refractivity contribution in [3.63, 3.8) is 0 Å². The summed E-state index contributed by atoms with van der Waals surface area (Å²) in [5.74, 6) is -0.409. The summed E-state index contributed by atoms with van der Waals surface area (Å²) in [6.07, 6.45) is -3.37. The van der Waals surface area contributed by atoms with Gasteiger partial charge in [-0.25, -0.2) is 4.98 Å². The van der Waals surface area contributed by atoms with E-state index in [0.29, 0.717) is 10.6 Å². The lowest BCUT2D eigenvalue weighted by atomic mass is 10.2. The van der Waals surface area contributed by atoms with E-state index >= 15 is 0 Å². The summed E-state index contributed by atoms with van der Waals surface area (Å²) in [4.78, 5) is 3.67. The topological polar surface area (TPSA) is 48.1 Å². The van der Waals surface area contributed by atoms with Crippen molar-refractivity contribution < 1.29 is 17.9 Å². The molecular weight excluding hydrogens is 373 g/mol. The highest BCUT2D eigenvalue weighted by atomic mass is 79.9. The largest absolute Gasteiger partial charge is 0.438 e. The number of nitrogens with zero attached hydrogens (tertiary/aromatic N) is 1. The lowest BCUT2D eigenvalue weighted by molar-refractivity contribution is -0.138. The Morgan fingerprint density at radius 2 is 2.00 bits per heavy atom. The Hall–Kier alpha value is -1.31. The second-order valence-electron chi connectivity index (χ2n) is 4.06. The van der Waals surface area contributed by atoms with E-state index in [0.717, 1.165) is 6.07 Å². The van der Waals surface area contributed by atoms with Crippen LogP contribution in [0.3, 0.4) is 0 Å². The van der Waals surface area contributed by atoms with Gasteiger partial charge in [-0.2, -0.15) is 13.2 Å². The van der Waals surface area contributed by atoms with Crippen molar-refractivity contribution in [1.29, 1.82) is 0 Å². The van der Waals surface area contributed by atoms with E-state index in [9.17, 15) is 13.2 Å². The Labute approximate surface area is 132 Å². The molecule has 1 heterocycles. The molecule has 0 aliphatic rings. The smallest absolute Gasteiger partial charge is 0.421 e. The maximum absolute atomic E-state index is 13.0. The number of alkyl halides is 3. The first kappa shape index (κ1) is 16.1. The van der Waals surface area contributed by atoms with E-state index in [4.69, 9.17) is 22.1 Å². The molecular formula is C13H9BrClF3N2O. The van der Waals surface area contributed by atoms with Crippen LogP contribution in [0.2, 0.25) is 5.02 Å². The zero-order chi connectivity index (χ0) is 15.6. The molecule has 0 fully saturated rings. The summed E-state index contributed by atoms with van der Waals surface area (Å²) >= 11 is 8.78. The third kappa shape index (κ3) is 3.87. The molecule has 0 aliphatic heterocycles. The Kier molecular flexibility index (Phi) is 4.75. The van der Waals surface area contributed by atoms with Crippen LogP contribution in [0.15, 0.2) is 34.9 Å². The number of benzene rings is 1. The van der Waals surface area contributed by atoms with Gasteiger partial charge in [0.1, 0.15) is 11.3 Å². The monoisotopic (exact) mass is 380 g/mol. The van der Waals surface area contributed by atoms with Gasteiger partial charge in [0.05, 0.1) is 0 Å². The van der Waals surface area contributed by atoms with E-state index < -0.39 is 17.6 Å². The predicted molar refractivity (Wildman–Crippen MR) is 76.4 cm³/mol. The van der Waals surface area contributed by atoms with Crippen molar-refractivity contribution >= 4 is 27.5 Å². The van der Waals surface area contributed by atoms with E-state index in [2.05, 4.69) is 20.9 Å². The minimum absolute atomic E-state index is 0.102. The molecule has 0 spiro atoms. The molecule has 0 atom stereocenters. The summed E-state index contributed by atoms with van der Waals surface area (Å²) < 4.78 is 44.5. The van der Waals surface area contributed by atoms with Crippen LogP contribution < -0.4 is 10.5 Å². The van der Waals surface area contributed by atoms with Gasteiger partial charge in [-0.1, -0.05) is 17.7 Å². The normalized spacial score (nSPS) is 11.5. The third-order valence-electron chi connectivity index (χ3n) is 2.58. The zero-order valence-corrected chi connectivity index (χ0v) is 12.8. The molecule has 112 valence electrons. The van der Waals surface area contributed by atoms with Gasteiger partial charge in [-0.05, 0) is 34.1 Å². The number of aromatic nitrogens is 1. The molecule has 2 aromatic rings. The second-order valence-corrected chi connectivity index (χ2v) is 5.41. The molecule has 0 aliphatic carbocycles.